The molecule has 0 radical (unpaired) electrons. The van der Waals surface area contributed by atoms with Crippen molar-refractivity contribution in [3.63, 3.8) is 0 Å². The molecule has 0 aromatic carbocycles. The highest BCUT2D eigenvalue weighted by Gasteiger charge is 2.02. The van der Waals surface area contributed by atoms with Crippen LogP contribution in [0.15, 0.2) is 35.1 Å². The Morgan fingerprint density at radius 3 is 3.06 bits per heavy atom. The molecular weight excluding hydrogens is 209 g/mol. The van der Waals surface area contributed by atoms with Crippen LogP contribution in [-0.2, 0) is 19.6 Å². The highest BCUT2D eigenvalue weighted by molar-refractivity contribution is 5.01. The van der Waals surface area contributed by atoms with Crippen molar-refractivity contribution < 1.29 is 8.81 Å². The number of hydrogen-bond acceptors (Lipinski definition) is 3. The summed E-state index contributed by atoms with van der Waals surface area (Å²) in [5.41, 5.74) is 0.976. The Bertz CT molecular complexity index is 411. The summed E-state index contributed by atoms with van der Waals surface area (Å²) in [5.74, 6) is 0.886. The normalized spacial score (nSPS) is 10.8. The molecule has 0 aliphatic rings. The average molecular weight is 223 g/mol. The van der Waals surface area contributed by atoms with Crippen LogP contribution in [0.5, 0.6) is 0 Å². The molecule has 0 unspecified atom stereocenters. The van der Waals surface area contributed by atoms with Gasteiger partial charge in [-0.15, -0.1) is 0 Å². The van der Waals surface area contributed by atoms with Gasteiger partial charge in [-0.1, -0.05) is 0 Å². The summed E-state index contributed by atoms with van der Waals surface area (Å²) in [4.78, 5) is 0. The highest BCUT2D eigenvalue weighted by Crippen LogP contribution is 2.02. The van der Waals surface area contributed by atoms with Gasteiger partial charge in [-0.2, -0.15) is 5.10 Å². The van der Waals surface area contributed by atoms with Crippen LogP contribution >= 0.6 is 0 Å². The van der Waals surface area contributed by atoms with Gasteiger partial charge in [0.25, 0.3) is 0 Å². The van der Waals surface area contributed by atoms with E-state index in [-0.39, 0.29) is 0 Å². The van der Waals surface area contributed by atoms with E-state index in [2.05, 4.69) is 10.4 Å². The summed E-state index contributed by atoms with van der Waals surface area (Å²) in [6.07, 6.45) is 3.32. The zero-order valence-corrected chi connectivity index (χ0v) is 8.90. The molecule has 0 aliphatic carbocycles. The van der Waals surface area contributed by atoms with Crippen LogP contribution in [0.3, 0.4) is 0 Å². The van der Waals surface area contributed by atoms with Crippen LogP contribution in [0.4, 0.5) is 4.39 Å². The zero-order valence-electron chi connectivity index (χ0n) is 8.90. The number of halogens is 1. The Kier molecular flexibility index (Phi) is 3.71. The van der Waals surface area contributed by atoms with Crippen molar-refractivity contribution in [1.82, 2.24) is 15.1 Å². The van der Waals surface area contributed by atoms with Crippen molar-refractivity contribution >= 4 is 0 Å². The number of nitrogens with one attached hydrogen (secondary N) is 1. The summed E-state index contributed by atoms with van der Waals surface area (Å²) < 4.78 is 19.0. The van der Waals surface area contributed by atoms with Gasteiger partial charge in [0, 0.05) is 12.7 Å². The number of nitrogens with zero attached hydrogens (tertiary/aromatic N) is 2. The van der Waals surface area contributed by atoms with E-state index in [1.54, 1.807) is 17.1 Å². The Hall–Kier alpha value is -1.62. The van der Waals surface area contributed by atoms with Gasteiger partial charge in [0.05, 0.1) is 25.0 Å². The summed E-state index contributed by atoms with van der Waals surface area (Å²) in [6.45, 7) is 1.23. The van der Waals surface area contributed by atoms with Crippen molar-refractivity contribution in [3.8, 4) is 0 Å². The third-order valence-corrected chi connectivity index (χ3v) is 2.29. The second kappa shape index (κ2) is 5.46. The first-order valence-electron chi connectivity index (χ1n) is 5.20. The summed E-state index contributed by atoms with van der Waals surface area (Å²) in [6, 6.07) is 5.64. The van der Waals surface area contributed by atoms with Crippen molar-refractivity contribution in [1.29, 1.82) is 0 Å². The quantitative estimate of drug-likeness (QED) is 0.811. The highest BCUT2D eigenvalue weighted by atomic mass is 19.1. The van der Waals surface area contributed by atoms with E-state index in [4.69, 9.17) is 4.42 Å². The van der Waals surface area contributed by atoms with Gasteiger partial charge >= 0.3 is 0 Å². The molecule has 2 heterocycles. The average Bonchev–Trinajstić information content (AvgIpc) is 2.91. The van der Waals surface area contributed by atoms with E-state index >= 15 is 0 Å². The molecule has 0 spiro atoms. The van der Waals surface area contributed by atoms with Crippen LogP contribution in [0.25, 0.3) is 0 Å². The molecule has 5 heteroatoms. The largest absolute Gasteiger partial charge is 0.468 e. The first-order valence-corrected chi connectivity index (χ1v) is 5.20. The zero-order chi connectivity index (χ0) is 11.2. The smallest absolute Gasteiger partial charge is 0.117 e. The van der Waals surface area contributed by atoms with E-state index < -0.39 is 6.67 Å². The third kappa shape index (κ3) is 2.70. The SMILES string of the molecule is FCCn1nccc1CNCc1ccco1. The summed E-state index contributed by atoms with van der Waals surface area (Å²) in [7, 11) is 0. The molecule has 1 N–H and O–H groups in total. The Labute approximate surface area is 93.1 Å². The molecule has 16 heavy (non-hydrogen) atoms. The second-order valence-electron chi connectivity index (χ2n) is 3.42. The monoisotopic (exact) mass is 223 g/mol. The molecule has 4 nitrogen and oxygen atoms in total. The van der Waals surface area contributed by atoms with E-state index in [1.807, 2.05) is 18.2 Å². The molecule has 2 aromatic rings. The van der Waals surface area contributed by atoms with Gasteiger partial charge in [-0.25, -0.2) is 4.39 Å². The molecule has 0 bridgehead atoms. The van der Waals surface area contributed by atoms with E-state index in [1.165, 1.54) is 0 Å². The minimum Gasteiger partial charge on any atom is -0.468 e. The van der Waals surface area contributed by atoms with Gasteiger partial charge in [-0.05, 0) is 18.2 Å². The van der Waals surface area contributed by atoms with Crippen LogP contribution in [0.1, 0.15) is 11.5 Å². The minimum absolute atomic E-state index is 0.310. The van der Waals surface area contributed by atoms with Gasteiger partial charge in [0.15, 0.2) is 0 Å². The Morgan fingerprint density at radius 2 is 2.31 bits per heavy atom. The van der Waals surface area contributed by atoms with Crippen LogP contribution in [-0.4, -0.2) is 16.5 Å². The summed E-state index contributed by atoms with van der Waals surface area (Å²) in [5, 5.41) is 7.25. The standard InChI is InChI=1S/C11H14FN3O/c12-4-6-15-10(3-5-14-15)8-13-9-11-2-1-7-16-11/h1-3,5,7,13H,4,6,8-9H2. The van der Waals surface area contributed by atoms with E-state index in [0.29, 0.717) is 19.6 Å². The van der Waals surface area contributed by atoms with Gasteiger partial charge in [0.1, 0.15) is 12.4 Å². The predicted molar refractivity (Wildman–Crippen MR) is 57.5 cm³/mol. The number of rotatable bonds is 6. The maximum atomic E-state index is 12.2. The molecule has 0 amide bonds. The van der Waals surface area contributed by atoms with Gasteiger partial charge < -0.3 is 9.73 Å². The van der Waals surface area contributed by atoms with E-state index in [9.17, 15) is 4.39 Å². The molecule has 0 saturated carbocycles. The van der Waals surface area contributed by atoms with Gasteiger partial charge in [-0.3, -0.25) is 4.68 Å². The fourth-order valence-corrected chi connectivity index (χ4v) is 1.52. The third-order valence-electron chi connectivity index (χ3n) is 2.29. The number of aryl methyl sites for hydroxylation is 1. The number of aromatic nitrogens is 2. The fraction of sp³-hybridized carbons (Fsp3) is 0.364. The van der Waals surface area contributed by atoms with Crippen molar-refractivity contribution in [2.45, 2.75) is 19.6 Å². The second-order valence-corrected chi connectivity index (χ2v) is 3.42. The molecule has 2 rings (SSSR count). The summed E-state index contributed by atoms with van der Waals surface area (Å²) >= 11 is 0. The first-order chi connectivity index (χ1) is 7.90. The molecular formula is C11H14FN3O. The van der Waals surface area contributed by atoms with Crippen molar-refractivity contribution in [2.75, 3.05) is 6.67 Å². The fourth-order valence-electron chi connectivity index (χ4n) is 1.52. The van der Waals surface area contributed by atoms with Crippen LogP contribution in [0.2, 0.25) is 0 Å². The lowest BCUT2D eigenvalue weighted by Gasteiger charge is -2.05. The lowest BCUT2D eigenvalue weighted by molar-refractivity contribution is 0.414. The predicted octanol–water partition coefficient (Wildman–Crippen LogP) is 1.74. The minimum atomic E-state index is -0.396. The first kappa shape index (κ1) is 10.9. The lowest BCUT2D eigenvalue weighted by atomic mass is 10.4. The van der Waals surface area contributed by atoms with Crippen LogP contribution < -0.4 is 5.32 Å². The van der Waals surface area contributed by atoms with Crippen LogP contribution in [0, 0.1) is 0 Å². The number of alkyl halides is 1. The molecule has 0 atom stereocenters. The topological polar surface area (TPSA) is 43.0 Å². The molecule has 0 aliphatic heterocycles. The lowest BCUT2D eigenvalue weighted by Crippen LogP contribution is -2.16. The Morgan fingerprint density at radius 1 is 1.38 bits per heavy atom. The molecule has 0 fully saturated rings. The molecule has 2 aromatic heterocycles. The maximum absolute atomic E-state index is 12.2. The Balaban J connectivity index is 1.82. The van der Waals surface area contributed by atoms with E-state index in [0.717, 1.165) is 11.5 Å². The molecule has 86 valence electrons. The number of hydrogen-bond donors (Lipinski definition) is 1. The van der Waals surface area contributed by atoms with Crippen molar-refractivity contribution in [2.24, 2.45) is 0 Å². The van der Waals surface area contributed by atoms with Gasteiger partial charge in [0.2, 0.25) is 0 Å². The number of furan rings is 1. The van der Waals surface area contributed by atoms with Crippen molar-refractivity contribution in [3.05, 3.63) is 42.1 Å². The maximum Gasteiger partial charge on any atom is 0.117 e. The molecule has 0 saturated heterocycles.